The van der Waals surface area contributed by atoms with Crippen molar-refractivity contribution in [2.45, 2.75) is 32.9 Å². The highest BCUT2D eigenvalue weighted by Gasteiger charge is 2.33. The van der Waals surface area contributed by atoms with Crippen molar-refractivity contribution in [3.05, 3.63) is 30.1 Å². The molecule has 1 aromatic rings. The van der Waals surface area contributed by atoms with Gasteiger partial charge in [0.15, 0.2) is 0 Å². The zero-order chi connectivity index (χ0) is 11.6. The van der Waals surface area contributed by atoms with Crippen LogP contribution in [0, 0.1) is 5.41 Å². The minimum absolute atomic E-state index is 0.227. The van der Waals surface area contributed by atoms with E-state index in [-0.39, 0.29) is 5.41 Å². The molecule has 1 fully saturated rings. The summed E-state index contributed by atoms with van der Waals surface area (Å²) in [5, 5.41) is 0. The maximum Gasteiger partial charge on any atom is 0.0271 e. The fourth-order valence-corrected chi connectivity index (χ4v) is 2.37. The summed E-state index contributed by atoms with van der Waals surface area (Å²) in [6.45, 7) is 7.72. The third-order valence-corrected chi connectivity index (χ3v) is 3.55. The molecule has 2 heterocycles. The average molecular weight is 219 g/mol. The molecule has 3 heteroatoms. The molecular formula is C13H21N3. The Morgan fingerprint density at radius 2 is 2.12 bits per heavy atom. The van der Waals surface area contributed by atoms with E-state index in [1.54, 1.807) is 0 Å². The van der Waals surface area contributed by atoms with E-state index in [0.717, 1.165) is 26.1 Å². The number of pyridine rings is 1. The Morgan fingerprint density at radius 3 is 2.75 bits per heavy atom. The molecule has 1 aromatic heterocycles. The normalized spacial score (nSPS) is 25.6. The SMILES string of the molecule is CC1(C)CN(Cc2ccncc2)CCC1N. The van der Waals surface area contributed by atoms with Crippen LogP contribution in [-0.2, 0) is 6.54 Å². The lowest BCUT2D eigenvalue weighted by molar-refractivity contribution is 0.0899. The first kappa shape index (κ1) is 11.6. The summed E-state index contributed by atoms with van der Waals surface area (Å²) in [6.07, 6.45) is 4.81. The van der Waals surface area contributed by atoms with Gasteiger partial charge in [0, 0.05) is 38.1 Å². The Labute approximate surface area is 97.7 Å². The molecule has 1 saturated heterocycles. The largest absolute Gasteiger partial charge is 0.327 e. The van der Waals surface area contributed by atoms with E-state index in [4.69, 9.17) is 5.73 Å². The second-order valence-corrected chi connectivity index (χ2v) is 5.45. The smallest absolute Gasteiger partial charge is 0.0271 e. The highest BCUT2D eigenvalue weighted by Crippen LogP contribution is 2.28. The van der Waals surface area contributed by atoms with Gasteiger partial charge < -0.3 is 5.73 Å². The van der Waals surface area contributed by atoms with E-state index in [2.05, 4.69) is 35.9 Å². The quantitative estimate of drug-likeness (QED) is 0.822. The lowest BCUT2D eigenvalue weighted by Gasteiger charge is -2.42. The van der Waals surface area contributed by atoms with E-state index < -0.39 is 0 Å². The van der Waals surface area contributed by atoms with Crippen LogP contribution in [0.3, 0.4) is 0 Å². The predicted molar refractivity (Wildman–Crippen MR) is 65.9 cm³/mol. The van der Waals surface area contributed by atoms with Crippen molar-refractivity contribution in [1.82, 2.24) is 9.88 Å². The van der Waals surface area contributed by atoms with Gasteiger partial charge in [0.25, 0.3) is 0 Å². The molecule has 0 bridgehead atoms. The molecule has 0 saturated carbocycles. The molecule has 2 N–H and O–H groups in total. The monoisotopic (exact) mass is 219 g/mol. The molecule has 1 atom stereocenters. The zero-order valence-electron chi connectivity index (χ0n) is 10.2. The molecule has 88 valence electrons. The Balaban J connectivity index is 1.97. The van der Waals surface area contributed by atoms with Gasteiger partial charge in [0.1, 0.15) is 0 Å². The second-order valence-electron chi connectivity index (χ2n) is 5.45. The first-order valence-corrected chi connectivity index (χ1v) is 5.95. The van der Waals surface area contributed by atoms with Crippen molar-refractivity contribution in [2.24, 2.45) is 11.1 Å². The molecule has 1 aliphatic heterocycles. The molecule has 1 unspecified atom stereocenters. The summed E-state index contributed by atoms with van der Waals surface area (Å²) in [5.74, 6) is 0. The van der Waals surface area contributed by atoms with Gasteiger partial charge in [-0.05, 0) is 29.5 Å². The van der Waals surface area contributed by atoms with Crippen molar-refractivity contribution in [1.29, 1.82) is 0 Å². The van der Waals surface area contributed by atoms with Gasteiger partial charge in [-0.1, -0.05) is 13.8 Å². The van der Waals surface area contributed by atoms with E-state index >= 15 is 0 Å². The first-order valence-electron chi connectivity index (χ1n) is 5.95. The van der Waals surface area contributed by atoms with Crippen LogP contribution in [-0.4, -0.2) is 29.0 Å². The summed E-state index contributed by atoms with van der Waals surface area (Å²) in [7, 11) is 0. The molecule has 0 spiro atoms. The zero-order valence-corrected chi connectivity index (χ0v) is 10.2. The molecule has 0 amide bonds. The highest BCUT2D eigenvalue weighted by molar-refractivity contribution is 5.09. The van der Waals surface area contributed by atoms with Crippen LogP contribution in [0.4, 0.5) is 0 Å². The standard InChI is InChI=1S/C13H21N3/c1-13(2)10-16(8-5-12(13)14)9-11-3-6-15-7-4-11/h3-4,6-7,12H,5,8-10,14H2,1-2H3. The van der Waals surface area contributed by atoms with Crippen molar-refractivity contribution >= 4 is 0 Å². The third-order valence-electron chi connectivity index (χ3n) is 3.55. The van der Waals surface area contributed by atoms with Gasteiger partial charge in [-0.15, -0.1) is 0 Å². The van der Waals surface area contributed by atoms with Crippen LogP contribution in [0.1, 0.15) is 25.8 Å². The van der Waals surface area contributed by atoms with Crippen LogP contribution >= 0.6 is 0 Å². The summed E-state index contributed by atoms with van der Waals surface area (Å²) in [6, 6.07) is 4.50. The minimum atomic E-state index is 0.227. The summed E-state index contributed by atoms with van der Waals surface area (Å²) >= 11 is 0. The van der Waals surface area contributed by atoms with Crippen LogP contribution in [0.5, 0.6) is 0 Å². The van der Waals surface area contributed by atoms with E-state index in [1.807, 2.05) is 12.4 Å². The number of rotatable bonds is 2. The number of piperidine rings is 1. The molecular weight excluding hydrogens is 198 g/mol. The fraction of sp³-hybridized carbons (Fsp3) is 0.615. The van der Waals surface area contributed by atoms with Crippen LogP contribution in [0.15, 0.2) is 24.5 Å². The van der Waals surface area contributed by atoms with Crippen molar-refractivity contribution in [3.63, 3.8) is 0 Å². The molecule has 1 aliphatic rings. The highest BCUT2D eigenvalue weighted by atomic mass is 15.1. The van der Waals surface area contributed by atoms with Gasteiger partial charge >= 0.3 is 0 Å². The number of nitrogens with two attached hydrogens (primary N) is 1. The molecule has 0 aromatic carbocycles. The average Bonchev–Trinajstić information content (AvgIpc) is 2.25. The minimum Gasteiger partial charge on any atom is -0.327 e. The van der Waals surface area contributed by atoms with Crippen molar-refractivity contribution < 1.29 is 0 Å². The first-order chi connectivity index (χ1) is 7.58. The molecule has 3 nitrogen and oxygen atoms in total. The van der Waals surface area contributed by atoms with Gasteiger partial charge in [-0.3, -0.25) is 9.88 Å². The molecule has 2 rings (SSSR count). The van der Waals surface area contributed by atoms with Crippen molar-refractivity contribution in [3.8, 4) is 0 Å². The summed E-state index contributed by atoms with van der Waals surface area (Å²) in [5.41, 5.74) is 7.69. The van der Waals surface area contributed by atoms with Gasteiger partial charge in [-0.2, -0.15) is 0 Å². The third kappa shape index (κ3) is 2.60. The van der Waals surface area contributed by atoms with Crippen LogP contribution in [0.2, 0.25) is 0 Å². The lowest BCUT2D eigenvalue weighted by Crippen LogP contribution is -2.52. The Hall–Kier alpha value is -0.930. The predicted octanol–water partition coefficient (Wildman–Crippen LogP) is 1.64. The second kappa shape index (κ2) is 4.52. The topological polar surface area (TPSA) is 42.2 Å². The number of nitrogens with zero attached hydrogens (tertiary/aromatic N) is 2. The Bertz CT molecular complexity index is 334. The Kier molecular flexibility index (Phi) is 3.26. The maximum absolute atomic E-state index is 6.13. The van der Waals surface area contributed by atoms with Gasteiger partial charge in [-0.25, -0.2) is 0 Å². The summed E-state index contributed by atoms with van der Waals surface area (Å²) in [4.78, 5) is 6.53. The number of hydrogen-bond donors (Lipinski definition) is 1. The maximum atomic E-state index is 6.13. The number of aromatic nitrogens is 1. The van der Waals surface area contributed by atoms with Crippen molar-refractivity contribution in [2.75, 3.05) is 13.1 Å². The number of likely N-dealkylation sites (tertiary alicyclic amines) is 1. The lowest BCUT2D eigenvalue weighted by atomic mass is 9.79. The van der Waals surface area contributed by atoms with Gasteiger partial charge in [0.05, 0.1) is 0 Å². The van der Waals surface area contributed by atoms with Crippen LogP contribution in [0.25, 0.3) is 0 Å². The van der Waals surface area contributed by atoms with Gasteiger partial charge in [0.2, 0.25) is 0 Å². The van der Waals surface area contributed by atoms with Crippen LogP contribution < -0.4 is 5.73 Å². The van der Waals surface area contributed by atoms with E-state index in [1.165, 1.54) is 5.56 Å². The van der Waals surface area contributed by atoms with E-state index in [0.29, 0.717) is 6.04 Å². The fourth-order valence-electron chi connectivity index (χ4n) is 2.37. The molecule has 16 heavy (non-hydrogen) atoms. The molecule has 0 radical (unpaired) electrons. The van der Waals surface area contributed by atoms with E-state index in [9.17, 15) is 0 Å². The summed E-state index contributed by atoms with van der Waals surface area (Å²) < 4.78 is 0. The number of hydrogen-bond acceptors (Lipinski definition) is 3. The molecule has 0 aliphatic carbocycles. The Morgan fingerprint density at radius 1 is 1.44 bits per heavy atom.